The molecule has 1 aliphatic heterocycles. The first-order valence-corrected chi connectivity index (χ1v) is 11.7. The number of benzene rings is 3. The number of fused-ring (bicyclic) bond motifs is 1. The zero-order valence-electron chi connectivity index (χ0n) is 18.7. The number of aromatic nitrogens is 2. The third kappa shape index (κ3) is 4.22. The summed E-state index contributed by atoms with van der Waals surface area (Å²) in [5.41, 5.74) is 4.88. The van der Waals surface area contributed by atoms with Crippen LogP contribution < -0.4 is 15.4 Å². The van der Waals surface area contributed by atoms with Crippen LogP contribution in [-0.4, -0.2) is 22.8 Å². The van der Waals surface area contributed by atoms with Crippen LogP contribution in [-0.2, 0) is 4.79 Å². The second-order valence-corrected chi connectivity index (χ2v) is 8.94. The summed E-state index contributed by atoms with van der Waals surface area (Å²) in [4.78, 5) is 13.5. The number of nitrogens with one attached hydrogen (secondary N) is 2. The third-order valence-electron chi connectivity index (χ3n) is 5.82. The van der Waals surface area contributed by atoms with Gasteiger partial charge in [-0.2, -0.15) is 5.10 Å². The average molecular weight is 515 g/mol. The van der Waals surface area contributed by atoms with E-state index in [1.54, 1.807) is 7.11 Å². The van der Waals surface area contributed by atoms with Crippen molar-refractivity contribution < 1.29 is 9.53 Å². The van der Waals surface area contributed by atoms with Crippen molar-refractivity contribution in [3.63, 3.8) is 0 Å². The van der Waals surface area contributed by atoms with Gasteiger partial charge >= 0.3 is 0 Å². The highest BCUT2D eigenvalue weighted by atomic mass is 79.9. The van der Waals surface area contributed by atoms with Crippen molar-refractivity contribution in [2.45, 2.75) is 13.0 Å². The second kappa shape index (κ2) is 9.19. The molecule has 1 aliphatic rings. The number of anilines is 2. The number of carbonyl (C=O) groups is 1. The Labute approximate surface area is 206 Å². The fourth-order valence-corrected chi connectivity index (χ4v) is 4.41. The Bertz CT molecular complexity index is 1360. The molecule has 4 aromatic rings. The largest absolute Gasteiger partial charge is 0.497 e. The maximum atomic E-state index is 13.5. The van der Waals surface area contributed by atoms with Gasteiger partial charge in [0.25, 0.3) is 5.91 Å². The van der Waals surface area contributed by atoms with Gasteiger partial charge in [-0.25, -0.2) is 4.68 Å². The molecule has 0 fully saturated rings. The number of nitrogens with zero attached hydrogens (tertiary/aromatic N) is 2. The normalized spacial score (nSPS) is 14.9. The lowest BCUT2D eigenvalue weighted by molar-refractivity contribution is -0.113. The summed E-state index contributed by atoms with van der Waals surface area (Å²) >= 11 is 3.51. The number of hydrogen-bond acceptors (Lipinski definition) is 4. The minimum atomic E-state index is -0.389. The Kier molecular flexibility index (Phi) is 5.94. The molecule has 0 unspecified atom stereocenters. The van der Waals surface area contributed by atoms with E-state index in [-0.39, 0.29) is 11.9 Å². The van der Waals surface area contributed by atoms with Crippen LogP contribution >= 0.6 is 15.9 Å². The van der Waals surface area contributed by atoms with Crippen molar-refractivity contribution in [1.29, 1.82) is 0 Å². The maximum absolute atomic E-state index is 13.5. The van der Waals surface area contributed by atoms with Crippen LogP contribution in [0.25, 0.3) is 11.3 Å². The summed E-state index contributed by atoms with van der Waals surface area (Å²) in [5.74, 6) is 1.44. The van der Waals surface area contributed by atoms with Crippen molar-refractivity contribution in [2.75, 3.05) is 17.7 Å². The third-order valence-corrected chi connectivity index (χ3v) is 6.35. The number of amides is 1. The smallest absolute Gasteiger partial charge is 0.255 e. The summed E-state index contributed by atoms with van der Waals surface area (Å²) < 4.78 is 8.14. The summed E-state index contributed by atoms with van der Waals surface area (Å²) in [6, 6.07) is 26.8. The van der Waals surface area contributed by atoms with Crippen molar-refractivity contribution in [3.8, 4) is 17.0 Å². The maximum Gasteiger partial charge on any atom is 0.255 e. The molecule has 5 rings (SSSR count). The van der Waals surface area contributed by atoms with E-state index in [9.17, 15) is 4.79 Å². The van der Waals surface area contributed by atoms with Gasteiger partial charge in [-0.05, 0) is 61.0 Å². The van der Waals surface area contributed by atoms with E-state index in [4.69, 9.17) is 9.84 Å². The number of methoxy groups -OCH3 is 1. The van der Waals surface area contributed by atoms with Gasteiger partial charge in [-0.3, -0.25) is 4.79 Å². The quantitative estimate of drug-likeness (QED) is 0.330. The molecule has 1 atom stereocenters. The molecule has 6 nitrogen and oxygen atoms in total. The summed E-state index contributed by atoms with van der Waals surface area (Å²) in [6.45, 7) is 1.93. The van der Waals surface area contributed by atoms with Gasteiger partial charge < -0.3 is 15.4 Å². The Balaban J connectivity index is 1.58. The van der Waals surface area contributed by atoms with Gasteiger partial charge in [0.15, 0.2) is 0 Å². The number of halogens is 1. The van der Waals surface area contributed by atoms with Crippen LogP contribution in [0.2, 0.25) is 0 Å². The number of ether oxygens (including phenoxy) is 1. The fourth-order valence-electron chi connectivity index (χ4n) is 4.14. The van der Waals surface area contributed by atoms with Gasteiger partial charge in [0.2, 0.25) is 0 Å². The van der Waals surface area contributed by atoms with E-state index in [0.29, 0.717) is 5.57 Å². The lowest BCUT2D eigenvalue weighted by Crippen LogP contribution is -2.31. The molecular formula is C27H23BrN4O2. The molecule has 0 saturated carbocycles. The monoisotopic (exact) mass is 514 g/mol. The molecular weight excluding hydrogens is 492 g/mol. The van der Waals surface area contributed by atoms with E-state index in [1.165, 1.54) is 0 Å². The Morgan fingerprint density at radius 3 is 2.41 bits per heavy atom. The Morgan fingerprint density at radius 2 is 1.74 bits per heavy atom. The lowest BCUT2D eigenvalue weighted by atomic mass is 9.95. The first kappa shape index (κ1) is 22.0. The van der Waals surface area contributed by atoms with Crippen molar-refractivity contribution >= 4 is 33.3 Å². The Morgan fingerprint density at radius 1 is 1.03 bits per heavy atom. The number of hydrogen-bond donors (Lipinski definition) is 2. The zero-order chi connectivity index (χ0) is 23.7. The van der Waals surface area contributed by atoms with E-state index in [2.05, 4.69) is 26.6 Å². The van der Waals surface area contributed by atoms with Crippen molar-refractivity contribution in [2.24, 2.45) is 0 Å². The van der Waals surface area contributed by atoms with E-state index in [1.807, 2.05) is 96.5 Å². The molecule has 0 spiro atoms. The van der Waals surface area contributed by atoms with Crippen LogP contribution in [0.15, 0.2) is 101 Å². The lowest BCUT2D eigenvalue weighted by Gasteiger charge is -2.29. The molecule has 7 heteroatoms. The van der Waals surface area contributed by atoms with Crippen LogP contribution in [0, 0.1) is 0 Å². The van der Waals surface area contributed by atoms with Crippen LogP contribution in [0.1, 0.15) is 18.5 Å². The van der Waals surface area contributed by atoms with Crippen molar-refractivity contribution in [1.82, 2.24) is 9.78 Å². The predicted molar refractivity (Wildman–Crippen MR) is 138 cm³/mol. The van der Waals surface area contributed by atoms with Gasteiger partial charge in [0.05, 0.1) is 18.4 Å². The molecule has 34 heavy (non-hydrogen) atoms. The molecule has 2 heterocycles. The van der Waals surface area contributed by atoms with Crippen LogP contribution in [0.3, 0.4) is 0 Å². The van der Waals surface area contributed by atoms with Gasteiger partial charge in [-0.15, -0.1) is 0 Å². The molecule has 0 aliphatic carbocycles. The van der Waals surface area contributed by atoms with E-state index < -0.39 is 0 Å². The summed E-state index contributed by atoms with van der Waals surface area (Å²) in [5, 5.41) is 11.3. The molecule has 1 aromatic heterocycles. The number of allylic oxidation sites excluding steroid dienone is 1. The zero-order valence-corrected chi connectivity index (χ0v) is 20.3. The molecule has 0 bridgehead atoms. The topological polar surface area (TPSA) is 68.2 Å². The van der Waals surface area contributed by atoms with Crippen LogP contribution in [0.5, 0.6) is 5.75 Å². The number of para-hydroxylation sites is 1. The molecule has 2 N–H and O–H groups in total. The molecule has 3 aromatic carbocycles. The van der Waals surface area contributed by atoms with Gasteiger partial charge in [0, 0.05) is 27.5 Å². The molecule has 0 saturated heterocycles. The molecule has 0 radical (unpaired) electrons. The first-order valence-electron chi connectivity index (χ1n) is 10.9. The highest BCUT2D eigenvalue weighted by molar-refractivity contribution is 9.10. The number of carbonyl (C=O) groups excluding carboxylic acids is 1. The fraction of sp³-hybridized carbons (Fsp3) is 0.111. The Hall–Kier alpha value is -3.84. The standard InChI is InChI=1S/C27H23BrN4O2/c1-17-25(27(33)30-21-6-4-3-5-7-21)26(19-8-12-20(28)13-9-19)32-24(29-17)16-23(31-32)18-10-14-22(34-2)15-11-18/h3-16,26,29H,1-2H3,(H,30,33)/t26-/m1/s1. The predicted octanol–water partition coefficient (Wildman–Crippen LogP) is 6.25. The first-order chi connectivity index (χ1) is 16.5. The highest BCUT2D eigenvalue weighted by Gasteiger charge is 2.33. The van der Waals surface area contributed by atoms with Gasteiger partial charge in [0.1, 0.15) is 17.6 Å². The van der Waals surface area contributed by atoms with Crippen LogP contribution in [0.4, 0.5) is 11.5 Å². The number of rotatable bonds is 5. The van der Waals surface area contributed by atoms with Gasteiger partial charge in [-0.1, -0.05) is 46.3 Å². The average Bonchev–Trinajstić information content (AvgIpc) is 3.28. The van der Waals surface area contributed by atoms with E-state index in [0.717, 1.165) is 44.2 Å². The van der Waals surface area contributed by atoms with E-state index >= 15 is 0 Å². The molecule has 1 amide bonds. The second-order valence-electron chi connectivity index (χ2n) is 8.03. The minimum absolute atomic E-state index is 0.170. The molecule has 170 valence electrons. The minimum Gasteiger partial charge on any atom is -0.497 e. The summed E-state index contributed by atoms with van der Waals surface area (Å²) in [6.07, 6.45) is 0. The SMILES string of the molecule is COc1ccc(-c2cc3n(n2)[C@H](c2ccc(Br)cc2)C(C(=O)Nc2ccccc2)=C(C)N3)cc1. The highest BCUT2D eigenvalue weighted by Crippen LogP contribution is 2.38. The summed E-state index contributed by atoms with van der Waals surface area (Å²) in [7, 11) is 1.65. The van der Waals surface area contributed by atoms with Crippen molar-refractivity contribution in [3.05, 3.63) is 106 Å².